The molecule has 0 fully saturated rings. The van der Waals surface area contributed by atoms with Gasteiger partial charge in [0.1, 0.15) is 6.04 Å². The van der Waals surface area contributed by atoms with Crippen LogP contribution in [0.5, 0.6) is 0 Å². The Morgan fingerprint density at radius 3 is 1.93 bits per heavy atom. The molecule has 0 radical (unpaired) electrons. The fourth-order valence-electron chi connectivity index (χ4n) is 4.14. The number of carbonyl (C=O) groups is 4. The van der Waals surface area contributed by atoms with Crippen molar-refractivity contribution < 1.29 is 23.9 Å². The highest BCUT2D eigenvalue weighted by molar-refractivity contribution is 6.22. The monoisotopic (exact) mass is 416 g/mol. The van der Waals surface area contributed by atoms with Crippen molar-refractivity contribution in [1.82, 2.24) is 10.2 Å². The number of benzene rings is 1. The molecule has 0 saturated heterocycles. The lowest BCUT2D eigenvalue weighted by molar-refractivity contribution is -0.154. The molecule has 3 amide bonds. The number of amides is 3. The van der Waals surface area contributed by atoms with E-state index in [2.05, 4.69) is 26.1 Å². The normalized spacial score (nSPS) is 15.3. The van der Waals surface area contributed by atoms with Crippen LogP contribution in [-0.2, 0) is 14.3 Å². The van der Waals surface area contributed by atoms with E-state index < -0.39 is 41.9 Å². The van der Waals surface area contributed by atoms with Gasteiger partial charge in [-0.1, -0.05) is 46.8 Å². The van der Waals surface area contributed by atoms with Gasteiger partial charge in [0, 0.05) is 5.54 Å². The first-order valence-electron chi connectivity index (χ1n) is 10.2. The summed E-state index contributed by atoms with van der Waals surface area (Å²) >= 11 is 0. The Kier molecular flexibility index (Phi) is 6.74. The molecule has 0 unspecified atom stereocenters. The molecule has 1 atom stereocenters. The zero-order valence-electron chi connectivity index (χ0n) is 18.9. The minimum absolute atomic E-state index is 0.0156. The third kappa shape index (κ3) is 5.46. The Morgan fingerprint density at radius 2 is 1.50 bits per heavy atom. The van der Waals surface area contributed by atoms with Gasteiger partial charge in [0.05, 0.1) is 11.1 Å². The van der Waals surface area contributed by atoms with E-state index in [-0.39, 0.29) is 22.5 Å². The number of ether oxygens (including phenoxy) is 1. The van der Waals surface area contributed by atoms with Crippen molar-refractivity contribution in [2.24, 2.45) is 11.3 Å². The summed E-state index contributed by atoms with van der Waals surface area (Å²) in [5.41, 5.74) is 0.0777. The van der Waals surface area contributed by atoms with Crippen molar-refractivity contribution in [2.75, 3.05) is 6.61 Å². The Morgan fingerprint density at radius 1 is 1.00 bits per heavy atom. The SMILES string of the molecule is CC(C)[C@@H](C(=O)OCC(=O)NC(C)(C)CC(C)(C)C)N1C(=O)c2ccccc2C1=O. The summed E-state index contributed by atoms with van der Waals surface area (Å²) in [6.45, 7) is 13.0. The average Bonchev–Trinajstić information content (AvgIpc) is 2.83. The summed E-state index contributed by atoms with van der Waals surface area (Å²) in [6, 6.07) is 5.35. The number of carbonyl (C=O) groups excluding carboxylic acids is 4. The second-order valence-electron chi connectivity index (χ2n) is 9.99. The van der Waals surface area contributed by atoms with E-state index in [9.17, 15) is 19.2 Å². The third-order valence-electron chi connectivity index (χ3n) is 4.77. The van der Waals surface area contributed by atoms with E-state index in [1.807, 2.05) is 13.8 Å². The minimum atomic E-state index is -1.10. The molecule has 1 aliphatic heterocycles. The standard InChI is InChI=1S/C23H32N2O5/c1-14(2)18(25-19(27)15-10-8-9-11-16(15)20(25)28)21(29)30-12-17(26)24-23(6,7)13-22(3,4)5/h8-11,14,18H,12-13H2,1-7H3,(H,24,26)/t18-/m0/s1. The highest BCUT2D eigenvalue weighted by Gasteiger charge is 2.44. The second-order valence-corrected chi connectivity index (χ2v) is 9.99. The molecule has 0 aliphatic carbocycles. The molecule has 7 nitrogen and oxygen atoms in total. The van der Waals surface area contributed by atoms with E-state index >= 15 is 0 Å². The van der Waals surface area contributed by atoms with Gasteiger partial charge in [-0.25, -0.2) is 4.79 Å². The van der Waals surface area contributed by atoms with Crippen LogP contribution >= 0.6 is 0 Å². The maximum absolute atomic E-state index is 12.8. The molecule has 0 spiro atoms. The molecule has 2 rings (SSSR count). The largest absolute Gasteiger partial charge is 0.454 e. The lowest BCUT2D eigenvalue weighted by Crippen LogP contribution is -2.50. The molecular formula is C23H32N2O5. The second kappa shape index (κ2) is 8.58. The smallest absolute Gasteiger partial charge is 0.330 e. The zero-order chi connectivity index (χ0) is 22.9. The van der Waals surface area contributed by atoms with Gasteiger partial charge in [0.15, 0.2) is 6.61 Å². The number of rotatable bonds is 7. The third-order valence-corrected chi connectivity index (χ3v) is 4.77. The number of esters is 1. The van der Waals surface area contributed by atoms with Crippen molar-refractivity contribution in [3.63, 3.8) is 0 Å². The van der Waals surface area contributed by atoms with Crippen LogP contribution in [0.1, 0.15) is 75.6 Å². The Labute approximate surface area is 178 Å². The van der Waals surface area contributed by atoms with Crippen molar-refractivity contribution in [3.8, 4) is 0 Å². The van der Waals surface area contributed by atoms with Crippen LogP contribution in [0.4, 0.5) is 0 Å². The van der Waals surface area contributed by atoms with Crippen LogP contribution in [-0.4, -0.2) is 46.8 Å². The van der Waals surface area contributed by atoms with Crippen molar-refractivity contribution >= 4 is 23.7 Å². The maximum atomic E-state index is 12.8. The summed E-state index contributed by atoms with van der Waals surface area (Å²) in [5.74, 6) is -2.63. The van der Waals surface area contributed by atoms with Gasteiger partial charge in [-0.2, -0.15) is 0 Å². The highest BCUT2D eigenvalue weighted by Crippen LogP contribution is 2.28. The molecule has 0 saturated carbocycles. The van der Waals surface area contributed by atoms with E-state index in [1.165, 1.54) is 0 Å². The fourth-order valence-corrected chi connectivity index (χ4v) is 4.14. The summed E-state index contributed by atoms with van der Waals surface area (Å²) in [6.07, 6.45) is 0.739. The van der Waals surface area contributed by atoms with Gasteiger partial charge in [-0.15, -0.1) is 0 Å². The molecule has 0 aromatic heterocycles. The Bertz CT molecular complexity index is 816. The van der Waals surface area contributed by atoms with E-state index in [0.29, 0.717) is 0 Å². The van der Waals surface area contributed by atoms with Crippen molar-refractivity contribution in [1.29, 1.82) is 0 Å². The first kappa shape index (κ1) is 23.6. The minimum Gasteiger partial charge on any atom is -0.454 e. The Balaban J connectivity index is 2.06. The molecule has 1 N–H and O–H groups in total. The quantitative estimate of drug-likeness (QED) is 0.544. The molecule has 7 heteroatoms. The van der Waals surface area contributed by atoms with Crippen LogP contribution in [0.2, 0.25) is 0 Å². The summed E-state index contributed by atoms with van der Waals surface area (Å²) in [4.78, 5) is 51.5. The lowest BCUT2D eigenvalue weighted by atomic mass is 9.82. The highest BCUT2D eigenvalue weighted by atomic mass is 16.5. The predicted octanol–water partition coefficient (Wildman–Crippen LogP) is 3.18. The van der Waals surface area contributed by atoms with Crippen LogP contribution < -0.4 is 5.32 Å². The first-order valence-corrected chi connectivity index (χ1v) is 10.2. The Hall–Kier alpha value is -2.70. The molecule has 1 heterocycles. The fraction of sp³-hybridized carbons (Fsp3) is 0.565. The van der Waals surface area contributed by atoms with Crippen molar-refractivity contribution in [2.45, 2.75) is 66.5 Å². The molecule has 1 aromatic rings. The van der Waals surface area contributed by atoms with Crippen molar-refractivity contribution in [3.05, 3.63) is 35.4 Å². The number of nitrogens with zero attached hydrogens (tertiary/aromatic N) is 1. The number of imide groups is 1. The molecular weight excluding hydrogens is 384 g/mol. The number of hydrogen-bond donors (Lipinski definition) is 1. The predicted molar refractivity (Wildman–Crippen MR) is 113 cm³/mol. The zero-order valence-corrected chi connectivity index (χ0v) is 18.9. The van der Waals surface area contributed by atoms with Gasteiger partial charge in [-0.3, -0.25) is 19.3 Å². The number of nitrogens with one attached hydrogen (secondary N) is 1. The van der Waals surface area contributed by atoms with Gasteiger partial charge >= 0.3 is 5.97 Å². The molecule has 164 valence electrons. The van der Waals surface area contributed by atoms with Gasteiger partial charge in [0.25, 0.3) is 17.7 Å². The van der Waals surface area contributed by atoms with E-state index in [4.69, 9.17) is 4.74 Å². The summed E-state index contributed by atoms with van der Waals surface area (Å²) in [7, 11) is 0. The van der Waals surface area contributed by atoms with Gasteiger partial charge < -0.3 is 10.1 Å². The maximum Gasteiger partial charge on any atom is 0.330 e. The van der Waals surface area contributed by atoms with Crippen LogP contribution in [0.15, 0.2) is 24.3 Å². The molecule has 1 aromatic carbocycles. The first-order chi connectivity index (χ1) is 13.7. The van der Waals surface area contributed by atoms with E-state index in [0.717, 1.165) is 11.3 Å². The molecule has 1 aliphatic rings. The van der Waals surface area contributed by atoms with E-state index in [1.54, 1.807) is 38.1 Å². The van der Waals surface area contributed by atoms with Crippen LogP contribution in [0, 0.1) is 11.3 Å². The summed E-state index contributed by atoms with van der Waals surface area (Å²) in [5, 5.41) is 2.87. The summed E-state index contributed by atoms with van der Waals surface area (Å²) < 4.78 is 5.21. The average molecular weight is 417 g/mol. The molecule has 0 bridgehead atoms. The van der Waals surface area contributed by atoms with Crippen LogP contribution in [0.3, 0.4) is 0 Å². The topological polar surface area (TPSA) is 92.8 Å². The van der Waals surface area contributed by atoms with Gasteiger partial charge in [-0.05, 0) is 43.7 Å². The lowest BCUT2D eigenvalue weighted by Gasteiger charge is -2.33. The number of fused-ring (bicyclic) bond motifs is 1. The number of hydrogen-bond acceptors (Lipinski definition) is 5. The van der Waals surface area contributed by atoms with Crippen LogP contribution in [0.25, 0.3) is 0 Å². The van der Waals surface area contributed by atoms with Gasteiger partial charge in [0.2, 0.25) is 0 Å². The molecule has 30 heavy (non-hydrogen) atoms.